The van der Waals surface area contributed by atoms with Gasteiger partial charge in [-0.25, -0.2) is 9.67 Å². The van der Waals surface area contributed by atoms with Gasteiger partial charge in [-0.2, -0.15) is 5.10 Å². The van der Waals surface area contributed by atoms with Gasteiger partial charge in [0.05, 0.1) is 5.02 Å². The predicted octanol–water partition coefficient (Wildman–Crippen LogP) is 3.97. The standard InChI is InChI=1S/C8H6ClN3.2C2H6/c9-7-2-3-8(10-6-7)12-5-1-4-11-12;2*1-2/h1-6H;2*1-2H3. The SMILES string of the molecule is CC.CC.Clc1ccc(-n2cccn2)nc1. The molecule has 0 aliphatic rings. The van der Waals surface area contributed by atoms with Crippen LogP contribution in [0.3, 0.4) is 0 Å². The molecule has 2 aromatic heterocycles. The lowest BCUT2D eigenvalue weighted by molar-refractivity contribution is 0.847. The van der Waals surface area contributed by atoms with Crippen LogP contribution in [-0.2, 0) is 0 Å². The fourth-order valence-electron chi connectivity index (χ4n) is 0.908. The van der Waals surface area contributed by atoms with E-state index in [0.29, 0.717) is 5.02 Å². The average Bonchev–Trinajstić information content (AvgIpc) is 2.89. The van der Waals surface area contributed by atoms with Crippen LogP contribution in [0.4, 0.5) is 0 Å². The summed E-state index contributed by atoms with van der Waals surface area (Å²) in [6.45, 7) is 8.00. The highest BCUT2D eigenvalue weighted by atomic mass is 35.5. The van der Waals surface area contributed by atoms with Crippen LogP contribution < -0.4 is 0 Å². The maximum absolute atomic E-state index is 5.68. The number of hydrogen-bond acceptors (Lipinski definition) is 2. The van der Waals surface area contributed by atoms with Crippen LogP contribution in [0.2, 0.25) is 5.02 Å². The van der Waals surface area contributed by atoms with Crippen molar-refractivity contribution in [3.63, 3.8) is 0 Å². The van der Waals surface area contributed by atoms with Crippen molar-refractivity contribution in [2.24, 2.45) is 0 Å². The summed E-state index contributed by atoms with van der Waals surface area (Å²) >= 11 is 5.68. The molecule has 0 fully saturated rings. The Bertz CT molecular complexity index is 354. The molecule has 16 heavy (non-hydrogen) atoms. The minimum atomic E-state index is 0.630. The van der Waals surface area contributed by atoms with Gasteiger partial charge in [-0.1, -0.05) is 39.3 Å². The maximum atomic E-state index is 5.68. The van der Waals surface area contributed by atoms with Crippen LogP contribution in [0.5, 0.6) is 0 Å². The van der Waals surface area contributed by atoms with Crippen LogP contribution in [-0.4, -0.2) is 14.8 Å². The van der Waals surface area contributed by atoms with E-state index in [1.54, 1.807) is 23.1 Å². The summed E-state index contributed by atoms with van der Waals surface area (Å²) in [4.78, 5) is 4.09. The Morgan fingerprint density at radius 1 is 1.12 bits per heavy atom. The molecule has 0 atom stereocenters. The quantitative estimate of drug-likeness (QED) is 0.754. The topological polar surface area (TPSA) is 30.7 Å². The second kappa shape index (κ2) is 8.92. The molecule has 2 heterocycles. The Morgan fingerprint density at radius 2 is 1.81 bits per heavy atom. The van der Waals surface area contributed by atoms with E-state index in [9.17, 15) is 0 Å². The lowest BCUT2D eigenvalue weighted by atomic mass is 10.5. The first-order chi connectivity index (χ1) is 7.86. The normalized spacial score (nSPS) is 8.31. The fraction of sp³-hybridized carbons (Fsp3) is 0.333. The first-order valence-corrected chi connectivity index (χ1v) is 5.85. The second-order valence-corrected chi connectivity index (χ2v) is 2.72. The van der Waals surface area contributed by atoms with E-state index in [4.69, 9.17) is 11.6 Å². The minimum absolute atomic E-state index is 0.630. The molecular formula is C12H18ClN3. The summed E-state index contributed by atoms with van der Waals surface area (Å²) in [5.41, 5.74) is 0. The van der Waals surface area contributed by atoms with Crippen LogP contribution in [0.1, 0.15) is 27.7 Å². The van der Waals surface area contributed by atoms with Gasteiger partial charge in [0.1, 0.15) is 0 Å². The number of halogens is 1. The number of hydrogen-bond donors (Lipinski definition) is 0. The predicted molar refractivity (Wildman–Crippen MR) is 69.1 cm³/mol. The van der Waals surface area contributed by atoms with Crippen molar-refractivity contribution in [1.29, 1.82) is 0 Å². The largest absolute Gasteiger partial charge is 0.236 e. The molecular weight excluding hydrogens is 222 g/mol. The number of rotatable bonds is 1. The second-order valence-electron chi connectivity index (χ2n) is 2.29. The summed E-state index contributed by atoms with van der Waals surface area (Å²) < 4.78 is 1.68. The third-order valence-corrected chi connectivity index (χ3v) is 1.67. The van der Waals surface area contributed by atoms with Crippen LogP contribution in [0, 0.1) is 0 Å². The van der Waals surface area contributed by atoms with Crippen molar-refractivity contribution in [3.8, 4) is 5.82 Å². The molecule has 0 N–H and O–H groups in total. The summed E-state index contributed by atoms with van der Waals surface area (Å²) in [6.07, 6.45) is 5.13. The number of pyridine rings is 1. The third-order valence-electron chi connectivity index (χ3n) is 1.45. The Morgan fingerprint density at radius 3 is 2.25 bits per heavy atom. The van der Waals surface area contributed by atoms with E-state index in [0.717, 1.165) is 5.82 Å². The van der Waals surface area contributed by atoms with Gasteiger partial charge in [0.15, 0.2) is 5.82 Å². The molecule has 0 saturated carbocycles. The van der Waals surface area contributed by atoms with Gasteiger partial charge in [-0.3, -0.25) is 0 Å². The zero-order chi connectivity index (χ0) is 12.4. The van der Waals surface area contributed by atoms with Gasteiger partial charge in [-0.05, 0) is 18.2 Å². The Balaban J connectivity index is 0.000000509. The van der Waals surface area contributed by atoms with E-state index in [-0.39, 0.29) is 0 Å². The molecule has 0 aliphatic carbocycles. The average molecular weight is 240 g/mol. The molecule has 0 bridgehead atoms. The maximum Gasteiger partial charge on any atom is 0.153 e. The van der Waals surface area contributed by atoms with E-state index in [1.165, 1.54) is 0 Å². The van der Waals surface area contributed by atoms with Crippen LogP contribution >= 0.6 is 11.6 Å². The highest BCUT2D eigenvalue weighted by Crippen LogP contribution is 2.08. The molecule has 0 aliphatic heterocycles. The zero-order valence-corrected chi connectivity index (χ0v) is 10.9. The zero-order valence-electron chi connectivity index (χ0n) is 10.2. The van der Waals surface area contributed by atoms with Gasteiger partial charge in [0.25, 0.3) is 0 Å². The lowest BCUT2D eigenvalue weighted by Gasteiger charge is -1.98. The Hall–Kier alpha value is -1.35. The molecule has 0 spiro atoms. The molecule has 2 aromatic rings. The molecule has 0 amide bonds. The monoisotopic (exact) mass is 239 g/mol. The molecule has 3 nitrogen and oxygen atoms in total. The number of aromatic nitrogens is 3. The van der Waals surface area contributed by atoms with Crippen molar-refractivity contribution in [1.82, 2.24) is 14.8 Å². The van der Waals surface area contributed by atoms with E-state index < -0.39 is 0 Å². The smallest absolute Gasteiger partial charge is 0.153 e. The first-order valence-electron chi connectivity index (χ1n) is 5.48. The van der Waals surface area contributed by atoms with Crippen molar-refractivity contribution >= 4 is 11.6 Å². The molecule has 0 radical (unpaired) electrons. The van der Waals surface area contributed by atoms with Crippen LogP contribution in [0.15, 0.2) is 36.8 Å². The molecule has 4 heteroatoms. The van der Waals surface area contributed by atoms with Gasteiger partial charge >= 0.3 is 0 Å². The Kier molecular flexibility index (Phi) is 8.17. The van der Waals surface area contributed by atoms with E-state index in [2.05, 4.69) is 10.1 Å². The van der Waals surface area contributed by atoms with Crippen molar-refractivity contribution in [2.75, 3.05) is 0 Å². The van der Waals surface area contributed by atoms with Gasteiger partial charge in [0, 0.05) is 18.6 Å². The highest BCUT2D eigenvalue weighted by Gasteiger charge is 1.95. The fourth-order valence-corrected chi connectivity index (χ4v) is 1.02. The molecule has 0 aromatic carbocycles. The highest BCUT2D eigenvalue weighted by molar-refractivity contribution is 6.30. The first kappa shape index (κ1) is 14.6. The lowest BCUT2D eigenvalue weighted by Crippen LogP contribution is -1.96. The third kappa shape index (κ3) is 4.45. The molecule has 0 unspecified atom stereocenters. The minimum Gasteiger partial charge on any atom is -0.236 e. The van der Waals surface area contributed by atoms with Gasteiger partial charge < -0.3 is 0 Å². The van der Waals surface area contributed by atoms with Crippen LogP contribution in [0.25, 0.3) is 5.82 Å². The summed E-state index contributed by atoms with van der Waals surface area (Å²) in [5.74, 6) is 0.768. The van der Waals surface area contributed by atoms with E-state index >= 15 is 0 Å². The van der Waals surface area contributed by atoms with Gasteiger partial charge in [0.2, 0.25) is 0 Å². The summed E-state index contributed by atoms with van der Waals surface area (Å²) in [5, 5.41) is 4.66. The van der Waals surface area contributed by atoms with E-state index in [1.807, 2.05) is 46.0 Å². The van der Waals surface area contributed by atoms with Crippen molar-refractivity contribution in [3.05, 3.63) is 41.8 Å². The molecule has 0 saturated heterocycles. The number of nitrogens with zero attached hydrogens (tertiary/aromatic N) is 3. The molecule has 2 rings (SSSR count). The molecule has 88 valence electrons. The Labute approximate surface area is 102 Å². The van der Waals surface area contributed by atoms with Gasteiger partial charge in [-0.15, -0.1) is 0 Å². The van der Waals surface area contributed by atoms with Crippen molar-refractivity contribution < 1.29 is 0 Å². The summed E-state index contributed by atoms with van der Waals surface area (Å²) in [7, 11) is 0. The summed E-state index contributed by atoms with van der Waals surface area (Å²) in [6, 6.07) is 5.44. The van der Waals surface area contributed by atoms with Crippen molar-refractivity contribution in [2.45, 2.75) is 27.7 Å².